The zero-order chi connectivity index (χ0) is 24.9. The van der Waals surface area contributed by atoms with E-state index in [-0.39, 0.29) is 24.5 Å². The van der Waals surface area contributed by atoms with Gasteiger partial charge in [0.15, 0.2) is 18.1 Å². The first-order valence-corrected chi connectivity index (χ1v) is 12.7. The van der Waals surface area contributed by atoms with Crippen molar-refractivity contribution >= 4 is 75.1 Å². The molecule has 0 saturated carbocycles. The van der Waals surface area contributed by atoms with E-state index < -0.39 is 0 Å². The number of halogens is 2. The summed E-state index contributed by atoms with van der Waals surface area (Å²) >= 11 is 18.6. The zero-order valence-electron chi connectivity index (χ0n) is 18.7. The molecule has 2 aromatic carbocycles. The minimum absolute atomic E-state index is 0.0291. The average Bonchev–Trinajstić information content (AvgIpc) is 3.41. The van der Waals surface area contributed by atoms with Crippen LogP contribution in [-0.2, 0) is 14.3 Å². The highest BCUT2D eigenvalue weighted by Gasteiger charge is 2.34. The number of nitrogens with one attached hydrogen (secondary N) is 1. The Morgan fingerprint density at radius 1 is 1.26 bits per heavy atom. The molecule has 2 aromatic rings. The number of rotatable bonds is 8. The number of carbonyl (C=O) groups is 2. The molecule has 2 amide bonds. The van der Waals surface area contributed by atoms with Crippen molar-refractivity contribution in [2.45, 2.75) is 18.9 Å². The largest absolute Gasteiger partial charge is 0.493 e. The van der Waals surface area contributed by atoms with E-state index in [0.29, 0.717) is 43.0 Å². The third kappa shape index (κ3) is 6.68. The molecule has 1 unspecified atom stereocenters. The van der Waals surface area contributed by atoms with Gasteiger partial charge in [-0.3, -0.25) is 14.5 Å². The second-order valence-corrected chi connectivity index (χ2v) is 10.4. The van der Waals surface area contributed by atoms with Crippen LogP contribution in [0.15, 0.2) is 41.3 Å². The standard InChI is InChI=1S/C24H22Cl2N2O5S2/c1-31-20-7-14(8-21-23(30)28(24(34)35-21)12-18-3-2-6-32-18)4-5-19(20)33-13-22(29)27-17-10-15(25)9-16(26)11-17/h4-5,7-11,18H,2-3,6,12-13H2,1H3,(H,27,29)/b21-8-. The number of anilines is 1. The van der Waals surface area contributed by atoms with Crippen LogP contribution < -0.4 is 14.8 Å². The Morgan fingerprint density at radius 3 is 2.71 bits per heavy atom. The summed E-state index contributed by atoms with van der Waals surface area (Å²) in [4.78, 5) is 27.3. The van der Waals surface area contributed by atoms with Crippen molar-refractivity contribution < 1.29 is 23.8 Å². The Kier molecular flexibility index (Phi) is 8.56. The Balaban J connectivity index is 1.39. The van der Waals surface area contributed by atoms with E-state index in [1.54, 1.807) is 47.4 Å². The monoisotopic (exact) mass is 552 g/mol. The molecule has 0 radical (unpaired) electrons. The second kappa shape index (κ2) is 11.6. The molecule has 0 spiro atoms. The fourth-order valence-electron chi connectivity index (χ4n) is 3.66. The first kappa shape index (κ1) is 25.8. The van der Waals surface area contributed by atoms with Crippen molar-refractivity contribution in [3.05, 3.63) is 56.9 Å². The van der Waals surface area contributed by atoms with Gasteiger partial charge in [-0.15, -0.1) is 0 Å². The molecular weight excluding hydrogens is 531 g/mol. The molecule has 1 N–H and O–H groups in total. The zero-order valence-corrected chi connectivity index (χ0v) is 21.9. The molecule has 2 saturated heterocycles. The molecular formula is C24H22Cl2N2O5S2. The quantitative estimate of drug-likeness (QED) is 0.347. The molecule has 184 valence electrons. The molecule has 2 aliphatic rings. The molecule has 0 aromatic heterocycles. The van der Waals surface area contributed by atoms with Crippen molar-refractivity contribution in [3.63, 3.8) is 0 Å². The van der Waals surface area contributed by atoms with Gasteiger partial charge in [-0.25, -0.2) is 0 Å². The third-order valence-electron chi connectivity index (χ3n) is 5.27. The van der Waals surface area contributed by atoms with Gasteiger partial charge in [-0.2, -0.15) is 0 Å². The van der Waals surface area contributed by atoms with Gasteiger partial charge in [-0.05, 0) is 54.8 Å². The number of methoxy groups -OCH3 is 1. The SMILES string of the molecule is COc1cc(/C=C2\SC(=S)N(CC3CCCO3)C2=O)ccc1OCC(=O)Nc1cc(Cl)cc(Cl)c1. The van der Waals surface area contributed by atoms with Crippen LogP contribution in [0.3, 0.4) is 0 Å². The van der Waals surface area contributed by atoms with Crippen molar-refractivity contribution in [1.82, 2.24) is 4.90 Å². The Morgan fingerprint density at radius 2 is 2.03 bits per heavy atom. The number of amides is 2. The summed E-state index contributed by atoms with van der Waals surface area (Å²) in [5.41, 5.74) is 1.21. The fourth-order valence-corrected chi connectivity index (χ4v) is 5.46. The van der Waals surface area contributed by atoms with Gasteiger partial charge in [0.2, 0.25) is 0 Å². The molecule has 0 bridgehead atoms. The van der Waals surface area contributed by atoms with E-state index in [1.807, 2.05) is 0 Å². The van der Waals surface area contributed by atoms with E-state index in [2.05, 4.69) is 5.32 Å². The maximum absolute atomic E-state index is 12.9. The number of thiocarbonyl (C=S) groups is 1. The number of hydrogen-bond acceptors (Lipinski definition) is 7. The number of hydrogen-bond donors (Lipinski definition) is 1. The Labute approximate surface area is 222 Å². The minimum atomic E-state index is -0.385. The third-order valence-corrected chi connectivity index (χ3v) is 7.09. The molecule has 11 heteroatoms. The van der Waals surface area contributed by atoms with Crippen LogP contribution in [0.5, 0.6) is 11.5 Å². The lowest BCUT2D eigenvalue weighted by molar-refractivity contribution is -0.123. The number of ether oxygens (including phenoxy) is 3. The first-order chi connectivity index (χ1) is 16.8. The smallest absolute Gasteiger partial charge is 0.266 e. The lowest BCUT2D eigenvalue weighted by Gasteiger charge is -2.18. The predicted octanol–water partition coefficient (Wildman–Crippen LogP) is 5.40. The lowest BCUT2D eigenvalue weighted by atomic mass is 10.1. The van der Waals surface area contributed by atoms with Gasteiger partial charge in [0.25, 0.3) is 11.8 Å². The Hall–Kier alpha value is -2.30. The Bertz CT molecular complexity index is 1160. The van der Waals surface area contributed by atoms with Crippen LogP contribution in [0.4, 0.5) is 5.69 Å². The highest BCUT2D eigenvalue weighted by atomic mass is 35.5. The molecule has 1 atom stereocenters. The molecule has 2 fully saturated rings. The summed E-state index contributed by atoms with van der Waals surface area (Å²) in [6.45, 7) is 0.948. The first-order valence-electron chi connectivity index (χ1n) is 10.8. The maximum atomic E-state index is 12.9. The highest BCUT2D eigenvalue weighted by molar-refractivity contribution is 8.26. The number of thioether (sulfide) groups is 1. The summed E-state index contributed by atoms with van der Waals surface area (Å²) in [5.74, 6) is 0.291. The number of benzene rings is 2. The second-order valence-electron chi connectivity index (χ2n) is 7.83. The highest BCUT2D eigenvalue weighted by Crippen LogP contribution is 2.35. The van der Waals surface area contributed by atoms with Gasteiger partial charge < -0.3 is 19.5 Å². The molecule has 7 nitrogen and oxygen atoms in total. The summed E-state index contributed by atoms with van der Waals surface area (Å²) in [6, 6.07) is 9.94. The number of nitrogens with zero attached hydrogens (tertiary/aromatic N) is 1. The molecule has 4 rings (SSSR count). The van der Waals surface area contributed by atoms with E-state index in [0.717, 1.165) is 25.0 Å². The van der Waals surface area contributed by atoms with Crippen LogP contribution in [0, 0.1) is 0 Å². The maximum Gasteiger partial charge on any atom is 0.266 e. The van der Waals surface area contributed by atoms with Crippen LogP contribution in [-0.4, -0.2) is 54.0 Å². The summed E-state index contributed by atoms with van der Waals surface area (Å²) in [6.07, 6.45) is 3.72. The summed E-state index contributed by atoms with van der Waals surface area (Å²) in [5, 5.41) is 3.50. The topological polar surface area (TPSA) is 77.1 Å². The van der Waals surface area contributed by atoms with Crippen molar-refractivity contribution in [2.75, 3.05) is 32.2 Å². The van der Waals surface area contributed by atoms with E-state index in [4.69, 9.17) is 49.6 Å². The van der Waals surface area contributed by atoms with Crippen LogP contribution in [0.2, 0.25) is 10.0 Å². The molecule has 2 heterocycles. The van der Waals surface area contributed by atoms with Gasteiger partial charge in [-0.1, -0.05) is 53.2 Å². The van der Waals surface area contributed by atoms with Crippen molar-refractivity contribution in [3.8, 4) is 11.5 Å². The van der Waals surface area contributed by atoms with Crippen LogP contribution in [0.25, 0.3) is 6.08 Å². The summed E-state index contributed by atoms with van der Waals surface area (Å²) in [7, 11) is 1.50. The van der Waals surface area contributed by atoms with Crippen LogP contribution >= 0.6 is 47.2 Å². The van der Waals surface area contributed by atoms with Gasteiger partial charge in [0, 0.05) is 22.3 Å². The van der Waals surface area contributed by atoms with E-state index >= 15 is 0 Å². The van der Waals surface area contributed by atoms with Gasteiger partial charge >= 0.3 is 0 Å². The predicted molar refractivity (Wildman–Crippen MR) is 142 cm³/mol. The van der Waals surface area contributed by atoms with Gasteiger partial charge in [0.05, 0.1) is 24.7 Å². The molecule has 2 aliphatic heterocycles. The molecule has 35 heavy (non-hydrogen) atoms. The normalized spacial score (nSPS) is 18.9. The minimum Gasteiger partial charge on any atom is -0.493 e. The van der Waals surface area contributed by atoms with Gasteiger partial charge in [0.1, 0.15) is 4.32 Å². The average molecular weight is 553 g/mol. The van der Waals surface area contributed by atoms with Crippen molar-refractivity contribution in [1.29, 1.82) is 0 Å². The lowest BCUT2D eigenvalue weighted by Crippen LogP contribution is -2.35. The van der Waals surface area contributed by atoms with E-state index in [9.17, 15) is 9.59 Å². The fraction of sp³-hybridized carbons (Fsp3) is 0.292. The van der Waals surface area contributed by atoms with E-state index in [1.165, 1.54) is 18.9 Å². The molecule has 0 aliphatic carbocycles. The van der Waals surface area contributed by atoms with Crippen molar-refractivity contribution in [2.24, 2.45) is 0 Å². The summed E-state index contributed by atoms with van der Waals surface area (Å²) < 4.78 is 17.2. The van der Waals surface area contributed by atoms with Crippen LogP contribution in [0.1, 0.15) is 18.4 Å². The number of carbonyl (C=O) groups excluding carboxylic acids is 2.